The molecule has 1 aromatic rings. The highest BCUT2D eigenvalue weighted by molar-refractivity contribution is 6.30. The second kappa shape index (κ2) is 6.98. The summed E-state index contributed by atoms with van der Waals surface area (Å²) in [6.07, 6.45) is 7.94. The molecule has 0 bridgehead atoms. The number of halogens is 1. The van der Waals surface area contributed by atoms with Crippen LogP contribution in [-0.2, 0) is 11.3 Å². The summed E-state index contributed by atoms with van der Waals surface area (Å²) in [6, 6.07) is 0.0126. The molecule has 1 saturated carbocycles. The Hall–Kier alpha value is -1.11. The lowest BCUT2D eigenvalue weighted by Gasteiger charge is -2.40. The maximum absolute atomic E-state index is 12.1. The van der Waals surface area contributed by atoms with Gasteiger partial charge in [0.15, 0.2) is 0 Å². The number of rotatable bonds is 4. The smallest absolute Gasteiger partial charge is 0.242 e. The largest absolute Gasteiger partial charge is 0.389 e. The SMILES string of the molecule is O=C(Cn1cc(Cl)cn1)N[C@@H]1CCC[C@@H](N2CCCC2)[C@@H]1O. The Bertz CT molecular complexity index is 515. The van der Waals surface area contributed by atoms with Crippen LogP contribution in [0.5, 0.6) is 0 Å². The lowest BCUT2D eigenvalue weighted by molar-refractivity contribution is -0.124. The van der Waals surface area contributed by atoms with E-state index in [1.54, 1.807) is 6.20 Å². The molecule has 122 valence electrons. The minimum atomic E-state index is -0.489. The molecule has 22 heavy (non-hydrogen) atoms. The summed E-state index contributed by atoms with van der Waals surface area (Å²) in [7, 11) is 0. The van der Waals surface area contributed by atoms with Gasteiger partial charge in [0, 0.05) is 12.2 Å². The van der Waals surface area contributed by atoms with Crippen LogP contribution in [0.1, 0.15) is 32.1 Å². The van der Waals surface area contributed by atoms with Gasteiger partial charge in [0.25, 0.3) is 0 Å². The van der Waals surface area contributed by atoms with Gasteiger partial charge in [-0.3, -0.25) is 14.4 Å². The monoisotopic (exact) mass is 326 g/mol. The van der Waals surface area contributed by atoms with Crippen LogP contribution in [0.15, 0.2) is 12.4 Å². The van der Waals surface area contributed by atoms with Gasteiger partial charge < -0.3 is 10.4 Å². The number of aliphatic hydroxyl groups is 1. The summed E-state index contributed by atoms with van der Waals surface area (Å²) >= 11 is 5.79. The first-order valence-corrected chi connectivity index (χ1v) is 8.41. The standard InChI is InChI=1S/C15H23ClN4O2/c16-11-8-17-20(9-11)10-14(21)18-12-4-3-5-13(15(12)22)19-6-1-2-7-19/h8-9,12-13,15,22H,1-7,10H2,(H,18,21)/t12-,13-,15-/m1/s1. The number of aliphatic hydroxyl groups excluding tert-OH is 1. The van der Waals surface area contributed by atoms with Crippen molar-refractivity contribution in [3.63, 3.8) is 0 Å². The molecule has 1 aliphatic heterocycles. The lowest BCUT2D eigenvalue weighted by atomic mass is 9.87. The zero-order valence-electron chi connectivity index (χ0n) is 12.6. The molecule has 0 spiro atoms. The fraction of sp³-hybridized carbons (Fsp3) is 0.733. The van der Waals surface area contributed by atoms with Gasteiger partial charge in [0.2, 0.25) is 5.91 Å². The average molecular weight is 327 g/mol. The highest BCUT2D eigenvalue weighted by Crippen LogP contribution is 2.26. The lowest BCUT2D eigenvalue weighted by Crippen LogP contribution is -2.56. The number of aromatic nitrogens is 2. The first-order chi connectivity index (χ1) is 10.6. The quantitative estimate of drug-likeness (QED) is 0.867. The highest BCUT2D eigenvalue weighted by atomic mass is 35.5. The summed E-state index contributed by atoms with van der Waals surface area (Å²) in [5.74, 6) is -0.133. The van der Waals surface area contributed by atoms with Gasteiger partial charge in [-0.1, -0.05) is 11.6 Å². The van der Waals surface area contributed by atoms with Gasteiger partial charge >= 0.3 is 0 Å². The van der Waals surface area contributed by atoms with E-state index in [4.69, 9.17) is 11.6 Å². The summed E-state index contributed by atoms with van der Waals surface area (Å²) in [4.78, 5) is 14.5. The van der Waals surface area contributed by atoms with Crippen molar-refractivity contribution in [1.82, 2.24) is 20.0 Å². The Kier molecular flexibility index (Phi) is 5.00. The molecule has 2 heterocycles. The minimum Gasteiger partial charge on any atom is -0.389 e. The van der Waals surface area contributed by atoms with Crippen molar-refractivity contribution in [1.29, 1.82) is 0 Å². The Morgan fingerprint density at radius 2 is 2.14 bits per heavy atom. The van der Waals surface area contributed by atoms with Gasteiger partial charge in [-0.05, 0) is 45.2 Å². The number of carbonyl (C=O) groups is 1. The van der Waals surface area contributed by atoms with Crippen LogP contribution in [0, 0.1) is 0 Å². The van der Waals surface area contributed by atoms with E-state index in [0.717, 1.165) is 32.4 Å². The zero-order chi connectivity index (χ0) is 15.5. The molecule has 1 aromatic heterocycles. The summed E-state index contributed by atoms with van der Waals surface area (Å²) < 4.78 is 1.50. The van der Waals surface area contributed by atoms with Crippen molar-refractivity contribution < 1.29 is 9.90 Å². The molecule has 1 saturated heterocycles. The summed E-state index contributed by atoms with van der Waals surface area (Å²) in [5.41, 5.74) is 0. The van der Waals surface area contributed by atoms with Gasteiger partial charge in [-0.25, -0.2) is 0 Å². The Balaban J connectivity index is 1.55. The molecule has 1 amide bonds. The van der Waals surface area contributed by atoms with Crippen LogP contribution in [0.3, 0.4) is 0 Å². The molecule has 3 atom stereocenters. The first-order valence-electron chi connectivity index (χ1n) is 8.03. The molecular formula is C15H23ClN4O2. The van der Waals surface area contributed by atoms with E-state index in [9.17, 15) is 9.90 Å². The third-order valence-corrected chi connectivity index (χ3v) is 4.88. The molecule has 3 rings (SSSR count). The maximum atomic E-state index is 12.1. The number of hydrogen-bond acceptors (Lipinski definition) is 4. The Labute approximate surface area is 135 Å². The number of carbonyl (C=O) groups excluding carboxylic acids is 1. The van der Waals surface area contributed by atoms with Gasteiger partial charge in [0.05, 0.1) is 23.4 Å². The molecule has 6 nitrogen and oxygen atoms in total. The Morgan fingerprint density at radius 1 is 1.36 bits per heavy atom. The normalized spacial score (nSPS) is 29.6. The molecule has 0 radical (unpaired) electrons. The number of amides is 1. The van der Waals surface area contributed by atoms with E-state index in [1.165, 1.54) is 23.7 Å². The molecule has 0 unspecified atom stereocenters. The number of likely N-dealkylation sites (tertiary alicyclic amines) is 1. The van der Waals surface area contributed by atoms with Gasteiger partial charge in [-0.2, -0.15) is 5.10 Å². The number of hydrogen-bond donors (Lipinski definition) is 2. The molecular weight excluding hydrogens is 304 g/mol. The van der Waals surface area contributed by atoms with Crippen molar-refractivity contribution in [3.8, 4) is 0 Å². The minimum absolute atomic E-state index is 0.129. The highest BCUT2D eigenvalue weighted by Gasteiger charge is 2.36. The van der Waals surface area contributed by atoms with Crippen LogP contribution in [0.2, 0.25) is 5.02 Å². The predicted molar refractivity (Wildman–Crippen MR) is 83.6 cm³/mol. The third kappa shape index (κ3) is 3.62. The second-order valence-corrected chi connectivity index (χ2v) is 6.70. The molecule has 2 N–H and O–H groups in total. The van der Waals surface area contributed by atoms with Crippen LogP contribution in [0.4, 0.5) is 0 Å². The van der Waals surface area contributed by atoms with Gasteiger partial charge in [0.1, 0.15) is 6.54 Å². The second-order valence-electron chi connectivity index (χ2n) is 6.26. The molecule has 7 heteroatoms. The topological polar surface area (TPSA) is 70.4 Å². The van der Waals surface area contributed by atoms with Crippen LogP contribution >= 0.6 is 11.6 Å². The van der Waals surface area contributed by atoms with Crippen molar-refractivity contribution in [2.45, 2.75) is 56.8 Å². The van der Waals surface area contributed by atoms with E-state index in [-0.39, 0.29) is 24.5 Å². The van der Waals surface area contributed by atoms with Crippen molar-refractivity contribution >= 4 is 17.5 Å². The molecule has 1 aliphatic carbocycles. The predicted octanol–water partition coefficient (Wildman–Crippen LogP) is 1.03. The fourth-order valence-corrected chi connectivity index (χ4v) is 3.77. The summed E-state index contributed by atoms with van der Waals surface area (Å²) in [5, 5.41) is 18.1. The van der Waals surface area contributed by atoms with E-state index >= 15 is 0 Å². The summed E-state index contributed by atoms with van der Waals surface area (Å²) in [6.45, 7) is 2.26. The van der Waals surface area contributed by atoms with Crippen molar-refractivity contribution in [2.75, 3.05) is 13.1 Å². The van der Waals surface area contributed by atoms with Crippen LogP contribution in [0.25, 0.3) is 0 Å². The van der Waals surface area contributed by atoms with E-state index in [2.05, 4.69) is 15.3 Å². The van der Waals surface area contributed by atoms with Crippen LogP contribution in [-0.4, -0.2) is 57.0 Å². The van der Waals surface area contributed by atoms with Crippen molar-refractivity contribution in [2.24, 2.45) is 0 Å². The first kappa shape index (κ1) is 15.8. The maximum Gasteiger partial charge on any atom is 0.242 e. The Morgan fingerprint density at radius 3 is 2.82 bits per heavy atom. The molecule has 0 aromatic carbocycles. The third-order valence-electron chi connectivity index (χ3n) is 4.68. The average Bonchev–Trinajstić information content (AvgIpc) is 3.13. The number of nitrogens with zero attached hydrogens (tertiary/aromatic N) is 3. The van der Waals surface area contributed by atoms with E-state index in [0.29, 0.717) is 5.02 Å². The molecule has 2 fully saturated rings. The van der Waals surface area contributed by atoms with Crippen molar-refractivity contribution in [3.05, 3.63) is 17.4 Å². The van der Waals surface area contributed by atoms with E-state index in [1.807, 2.05) is 0 Å². The van der Waals surface area contributed by atoms with E-state index < -0.39 is 6.10 Å². The fourth-order valence-electron chi connectivity index (χ4n) is 3.61. The number of nitrogens with one attached hydrogen (secondary N) is 1. The zero-order valence-corrected chi connectivity index (χ0v) is 13.4. The van der Waals surface area contributed by atoms with Crippen LogP contribution < -0.4 is 5.32 Å². The molecule has 2 aliphatic rings. The van der Waals surface area contributed by atoms with Gasteiger partial charge in [-0.15, -0.1) is 0 Å².